The van der Waals surface area contributed by atoms with Crippen LogP contribution in [0.5, 0.6) is 0 Å². The third-order valence-corrected chi connectivity index (χ3v) is 5.14. The SMILES string of the molecule is CCc1cn(C2CCCC2)c(N2CCCC(CNC)C2)n1. The van der Waals surface area contributed by atoms with Gasteiger partial charge < -0.3 is 14.8 Å². The van der Waals surface area contributed by atoms with Gasteiger partial charge >= 0.3 is 0 Å². The lowest BCUT2D eigenvalue weighted by molar-refractivity contribution is 0.392. The van der Waals surface area contributed by atoms with E-state index in [1.807, 2.05) is 0 Å². The third kappa shape index (κ3) is 3.25. The second kappa shape index (κ2) is 6.82. The molecule has 21 heavy (non-hydrogen) atoms. The summed E-state index contributed by atoms with van der Waals surface area (Å²) < 4.78 is 2.51. The van der Waals surface area contributed by atoms with Gasteiger partial charge in [0.15, 0.2) is 0 Å². The normalized spacial score (nSPS) is 23.9. The zero-order valence-corrected chi connectivity index (χ0v) is 13.6. The molecule has 1 saturated heterocycles. The van der Waals surface area contributed by atoms with Gasteiger partial charge in [0.25, 0.3) is 0 Å². The molecular weight excluding hydrogens is 260 g/mol. The first-order valence-electron chi connectivity index (χ1n) is 8.79. The lowest BCUT2D eigenvalue weighted by Gasteiger charge is -2.34. The van der Waals surface area contributed by atoms with Crippen LogP contribution in [-0.2, 0) is 6.42 Å². The van der Waals surface area contributed by atoms with Crippen LogP contribution in [0.3, 0.4) is 0 Å². The Morgan fingerprint density at radius 3 is 2.76 bits per heavy atom. The molecule has 1 aliphatic heterocycles. The van der Waals surface area contributed by atoms with Gasteiger partial charge in [0.1, 0.15) is 0 Å². The number of nitrogens with one attached hydrogen (secondary N) is 1. The summed E-state index contributed by atoms with van der Waals surface area (Å²) in [6, 6.07) is 0.692. The molecule has 1 N–H and O–H groups in total. The van der Waals surface area contributed by atoms with Crippen molar-refractivity contribution in [1.29, 1.82) is 0 Å². The van der Waals surface area contributed by atoms with Gasteiger partial charge in [-0.1, -0.05) is 19.8 Å². The fourth-order valence-corrected chi connectivity index (χ4v) is 3.99. The Morgan fingerprint density at radius 1 is 1.24 bits per heavy atom. The maximum absolute atomic E-state index is 4.96. The highest BCUT2D eigenvalue weighted by Gasteiger charge is 2.26. The van der Waals surface area contributed by atoms with E-state index < -0.39 is 0 Å². The molecule has 2 heterocycles. The largest absolute Gasteiger partial charge is 0.342 e. The summed E-state index contributed by atoms with van der Waals surface area (Å²) >= 11 is 0. The highest BCUT2D eigenvalue weighted by Crippen LogP contribution is 2.34. The van der Waals surface area contributed by atoms with Crippen molar-refractivity contribution in [2.45, 2.75) is 57.9 Å². The summed E-state index contributed by atoms with van der Waals surface area (Å²) in [6.45, 7) is 5.67. The Labute approximate surface area is 128 Å². The first-order valence-corrected chi connectivity index (χ1v) is 8.79. The van der Waals surface area contributed by atoms with Crippen molar-refractivity contribution in [3.05, 3.63) is 11.9 Å². The number of nitrogens with zero attached hydrogens (tertiary/aromatic N) is 3. The Hall–Kier alpha value is -1.03. The second-order valence-corrected chi connectivity index (χ2v) is 6.74. The van der Waals surface area contributed by atoms with Crippen LogP contribution in [0.25, 0.3) is 0 Å². The van der Waals surface area contributed by atoms with Crippen LogP contribution < -0.4 is 10.2 Å². The van der Waals surface area contributed by atoms with E-state index in [1.54, 1.807) is 0 Å². The minimum absolute atomic E-state index is 0.692. The summed E-state index contributed by atoms with van der Waals surface area (Å²) in [5.41, 5.74) is 1.26. The van der Waals surface area contributed by atoms with E-state index in [-0.39, 0.29) is 0 Å². The molecule has 1 aliphatic carbocycles. The Kier molecular flexibility index (Phi) is 4.84. The zero-order chi connectivity index (χ0) is 14.7. The van der Waals surface area contributed by atoms with Gasteiger partial charge in [-0.05, 0) is 51.6 Å². The van der Waals surface area contributed by atoms with Crippen LogP contribution in [0, 0.1) is 5.92 Å². The fraction of sp³-hybridized carbons (Fsp3) is 0.824. The van der Waals surface area contributed by atoms with E-state index in [9.17, 15) is 0 Å². The molecule has 0 radical (unpaired) electrons. The predicted molar refractivity (Wildman–Crippen MR) is 88.0 cm³/mol. The summed E-state index contributed by atoms with van der Waals surface area (Å²) in [4.78, 5) is 7.50. The van der Waals surface area contributed by atoms with Crippen molar-refractivity contribution in [2.75, 3.05) is 31.6 Å². The van der Waals surface area contributed by atoms with Gasteiger partial charge in [-0.15, -0.1) is 0 Å². The van der Waals surface area contributed by atoms with Crippen molar-refractivity contribution in [3.63, 3.8) is 0 Å². The Balaban J connectivity index is 1.80. The number of anilines is 1. The maximum Gasteiger partial charge on any atom is 0.205 e. The molecule has 1 aromatic rings. The molecule has 0 amide bonds. The molecule has 2 aliphatic rings. The number of hydrogen-bond donors (Lipinski definition) is 1. The number of piperidine rings is 1. The molecule has 1 saturated carbocycles. The van der Waals surface area contributed by atoms with Crippen molar-refractivity contribution >= 4 is 5.95 Å². The van der Waals surface area contributed by atoms with E-state index in [2.05, 4.69) is 35.0 Å². The molecule has 3 rings (SSSR count). The molecule has 0 spiro atoms. The summed E-state index contributed by atoms with van der Waals surface area (Å²) in [6.07, 6.45) is 11.4. The van der Waals surface area contributed by atoms with E-state index in [0.29, 0.717) is 6.04 Å². The Bertz CT molecular complexity index is 446. The topological polar surface area (TPSA) is 33.1 Å². The molecular formula is C17H30N4. The van der Waals surface area contributed by atoms with Gasteiger partial charge in [0, 0.05) is 25.3 Å². The van der Waals surface area contributed by atoms with Crippen molar-refractivity contribution in [3.8, 4) is 0 Å². The molecule has 4 heteroatoms. The average Bonchev–Trinajstić information content (AvgIpc) is 3.17. The summed E-state index contributed by atoms with van der Waals surface area (Å²) in [7, 11) is 2.06. The van der Waals surface area contributed by atoms with E-state index in [4.69, 9.17) is 4.98 Å². The van der Waals surface area contributed by atoms with Crippen LogP contribution in [0.15, 0.2) is 6.20 Å². The van der Waals surface area contributed by atoms with Crippen LogP contribution in [-0.4, -0.2) is 36.2 Å². The predicted octanol–water partition coefficient (Wildman–Crippen LogP) is 3.00. The fourth-order valence-electron chi connectivity index (χ4n) is 3.99. The molecule has 4 nitrogen and oxygen atoms in total. The molecule has 1 unspecified atom stereocenters. The van der Waals surface area contributed by atoms with E-state index in [0.717, 1.165) is 25.4 Å². The second-order valence-electron chi connectivity index (χ2n) is 6.74. The lowest BCUT2D eigenvalue weighted by Crippen LogP contribution is -2.40. The number of rotatable bonds is 5. The van der Waals surface area contributed by atoms with Gasteiger partial charge in [0.2, 0.25) is 5.95 Å². The highest BCUT2D eigenvalue weighted by atomic mass is 15.3. The summed E-state index contributed by atoms with van der Waals surface area (Å²) in [5.74, 6) is 2.02. The number of hydrogen-bond acceptors (Lipinski definition) is 3. The monoisotopic (exact) mass is 290 g/mol. The average molecular weight is 290 g/mol. The maximum atomic E-state index is 4.96. The van der Waals surface area contributed by atoms with Gasteiger partial charge in [-0.3, -0.25) is 0 Å². The number of aryl methyl sites for hydroxylation is 1. The van der Waals surface area contributed by atoms with Gasteiger partial charge in [0.05, 0.1) is 5.69 Å². The van der Waals surface area contributed by atoms with Crippen LogP contribution in [0.4, 0.5) is 5.95 Å². The first-order chi connectivity index (χ1) is 10.3. The quantitative estimate of drug-likeness (QED) is 0.905. The molecule has 1 atom stereocenters. The van der Waals surface area contributed by atoms with E-state index >= 15 is 0 Å². The minimum Gasteiger partial charge on any atom is -0.342 e. The van der Waals surface area contributed by atoms with E-state index in [1.165, 1.54) is 56.7 Å². The smallest absolute Gasteiger partial charge is 0.205 e. The van der Waals surface area contributed by atoms with Crippen molar-refractivity contribution in [2.24, 2.45) is 5.92 Å². The molecule has 0 bridgehead atoms. The number of aromatic nitrogens is 2. The van der Waals surface area contributed by atoms with Crippen LogP contribution >= 0.6 is 0 Å². The molecule has 1 aromatic heterocycles. The minimum atomic E-state index is 0.692. The Morgan fingerprint density at radius 2 is 2.05 bits per heavy atom. The van der Waals surface area contributed by atoms with Crippen LogP contribution in [0.1, 0.15) is 57.2 Å². The zero-order valence-electron chi connectivity index (χ0n) is 13.6. The first kappa shape index (κ1) is 14.9. The third-order valence-electron chi connectivity index (χ3n) is 5.14. The molecule has 2 fully saturated rings. The van der Waals surface area contributed by atoms with Crippen LogP contribution in [0.2, 0.25) is 0 Å². The standard InChI is InChI=1S/C17H30N4/c1-3-15-13-21(16-8-4-5-9-16)17(19-15)20-10-6-7-14(12-20)11-18-2/h13-14,16,18H,3-12H2,1-2H3. The molecule has 118 valence electrons. The number of imidazole rings is 1. The van der Waals surface area contributed by atoms with Gasteiger partial charge in [-0.25, -0.2) is 4.98 Å². The van der Waals surface area contributed by atoms with Crippen molar-refractivity contribution < 1.29 is 0 Å². The van der Waals surface area contributed by atoms with Crippen molar-refractivity contribution in [1.82, 2.24) is 14.9 Å². The summed E-state index contributed by atoms with van der Waals surface area (Å²) in [5, 5.41) is 3.34. The highest BCUT2D eigenvalue weighted by molar-refractivity contribution is 5.35. The van der Waals surface area contributed by atoms with Gasteiger partial charge in [-0.2, -0.15) is 0 Å². The molecule has 0 aromatic carbocycles. The lowest BCUT2D eigenvalue weighted by atomic mass is 9.98.